The van der Waals surface area contributed by atoms with Gasteiger partial charge in [-0.25, -0.2) is 18.6 Å². The van der Waals surface area contributed by atoms with Gasteiger partial charge < -0.3 is 15.2 Å². The van der Waals surface area contributed by atoms with Gasteiger partial charge in [-0.2, -0.15) is 13.2 Å². The number of imidazole rings is 1. The topological polar surface area (TPSA) is 96.2 Å². The van der Waals surface area contributed by atoms with Crippen molar-refractivity contribution in [2.75, 3.05) is 6.54 Å². The second-order valence-corrected chi connectivity index (χ2v) is 9.18. The number of hydrogen-bond acceptors (Lipinski definition) is 4. The van der Waals surface area contributed by atoms with Crippen LogP contribution in [0.15, 0.2) is 66.9 Å². The molecule has 1 atom stereocenters. The van der Waals surface area contributed by atoms with Crippen molar-refractivity contribution in [1.29, 1.82) is 0 Å². The molecule has 0 spiro atoms. The van der Waals surface area contributed by atoms with E-state index < -0.39 is 55.4 Å². The lowest BCUT2D eigenvalue weighted by Gasteiger charge is -2.30. The zero-order valence-electron chi connectivity index (χ0n) is 21.7. The van der Waals surface area contributed by atoms with E-state index in [-0.39, 0.29) is 34.9 Å². The molecule has 2 aromatic heterocycles. The third kappa shape index (κ3) is 7.10. The molecular formula is C28H25F5N4O4. The van der Waals surface area contributed by atoms with Crippen LogP contribution in [0, 0.1) is 18.6 Å². The molecule has 216 valence electrons. The summed E-state index contributed by atoms with van der Waals surface area (Å²) in [6.45, 7) is 0.0865. The molecule has 2 N–H and O–H groups in total. The van der Waals surface area contributed by atoms with Gasteiger partial charge in [-0.3, -0.25) is 14.1 Å². The van der Waals surface area contributed by atoms with Crippen molar-refractivity contribution in [3.63, 3.8) is 0 Å². The fraction of sp³-hybridized carbons (Fsp3) is 0.250. The van der Waals surface area contributed by atoms with Crippen molar-refractivity contribution < 1.29 is 41.4 Å². The number of amides is 2. The Kier molecular flexibility index (Phi) is 8.74. The number of fused-ring (bicyclic) bond motifs is 1. The highest BCUT2D eigenvalue weighted by molar-refractivity contribution is 5.95. The molecule has 0 radical (unpaired) electrons. The van der Waals surface area contributed by atoms with E-state index in [2.05, 4.69) is 10.3 Å². The molecule has 4 aromatic rings. The number of rotatable bonds is 10. The summed E-state index contributed by atoms with van der Waals surface area (Å²) in [5.74, 6) is -2.29. The van der Waals surface area contributed by atoms with Gasteiger partial charge in [-0.05, 0) is 36.8 Å². The van der Waals surface area contributed by atoms with Gasteiger partial charge in [0.2, 0.25) is 0 Å². The highest BCUT2D eigenvalue weighted by Crippen LogP contribution is 2.26. The number of carbonyl (C=O) groups excluding carboxylic acids is 1. The third-order valence-electron chi connectivity index (χ3n) is 6.28. The van der Waals surface area contributed by atoms with Crippen molar-refractivity contribution in [1.82, 2.24) is 19.6 Å². The number of carbonyl (C=O) groups is 2. The summed E-state index contributed by atoms with van der Waals surface area (Å²) in [6.07, 6.45) is -6.30. The van der Waals surface area contributed by atoms with E-state index in [1.165, 1.54) is 35.7 Å². The summed E-state index contributed by atoms with van der Waals surface area (Å²) in [4.78, 5) is 30.1. The quantitative estimate of drug-likeness (QED) is 0.235. The van der Waals surface area contributed by atoms with Crippen LogP contribution in [-0.4, -0.2) is 50.2 Å². The number of halogens is 5. The second kappa shape index (κ2) is 12.2. The maximum Gasteiger partial charge on any atom is 0.407 e. The Labute approximate surface area is 231 Å². The maximum absolute atomic E-state index is 14.0. The SMILES string of the molecule is Cc1nc2c(OCc3c(F)cccc3F)cccn2c1C(=O)NCC(CC(F)(F)F)N(Cc1ccccc1)C(=O)O. The Bertz CT molecular complexity index is 1520. The minimum absolute atomic E-state index is 0.0294. The van der Waals surface area contributed by atoms with E-state index in [0.29, 0.717) is 10.5 Å². The van der Waals surface area contributed by atoms with Gasteiger partial charge in [0.1, 0.15) is 23.9 Å². The van der Waals surface area contributed by atoms with Crippen LogP contribution >= 0.6 is 0 Å². The molecule has 0 saturated heterocycles. The first-order chi connectivity index (χ1) is 19.4. The molecule has 41 heavy (non-hydrogen) atoms. The summed E-state index contributed by atoms with van der Waals surface area (Å²) in [5.41, 5.74) is 0.481. The van der Waals surface area contributed by atoms with Crippen LogP contribution in [0.2, 0.25) is 0 Å². The zero-order chi connectivity index (χ0) is 29.7. The summed E-state index contributed by atoms with van der Waals surface area (Å²) in [7, 11) is 0. The maximum atomic E-state index is 14.0. The first kappa shape index (κ1) is 29.3. The molecule has 2 heterocycles. The number of benzene rings is 2. The summed E-state index contributed by atoms with van der Waals surface area (Å²) in [5, 5.41) is 12.1. The predicted octanol–water partition coefficient (Wildman–Crippen LogP) is 5.73. The standard InChI is InChI=1S/C28H25F5N4O4/c1-17-24(36-12-6-11-23(25(36)35-17)41-16-20-21(29)9-5-10-22(20)30)26(38)34-14-19(13-28(31,32)33)37(27(39)40)15-18-7-3-2-4-8-18/h2-12,19H,13-16H2,1H3,(H,34,38)(H,39,40). The molecule has 8 nitrogen and oxygen atoms in total. The van der Waals surface area contributed by atoms with Crippen molar-refractivity contribution >= 4 is 17.6 Å². The number of aryl methyl sites for hydroxylation is 1. The van der Waals surface area contributed by atoms with Crippen molar-refractivity contribution in [2.24, 2.45) is 0 Å². The first-order valence-corrected chi connectivity index (χ1v) is 12.4. The van der Waals surface area contributed by atoms with Gasteiger partial charge in [0.05, 0.1) is 23.7 Å². The van der Waals surface area contributed by atoms with E-state index in [9.17, 15) is 36.6 Å². The lowest BCUT2D eigenvalue weighted by Crippen LogP contribution is -2.48. The number of ether oxygens (including phenoxy) is 1. The van der Waals surface area contributed by atoms with Crippen LogP contribution in [0.5, 0.6) is 5.75 Å². The fourth-order valence-corrected chi connectivity index (χ4v) is 4.35. The van der Waals surface area contributed by atoms with Gasteiger partial charge >= 0.3 is 12.3 Å². The Morgan fingerprint density at radius 2 is 1.73 bits per heavy atom. The first-order valence-electron chi connectivity index (χ1n) is 12.4. The van der Waals surface area contributed by atoms with Crippen LogP contribution < -0.4 is 10.1 Å². The van der Waals surface area contributed by atoms with E-state index in [1.54, 1.807) is 30.3 Å². The third-order valence-corrected chi connectivity index (χ3v) is 6.28. The number of carboxylic acid groups (broad SMARTS) is 1. The summed E-state index contributed by atoms with van der Waals surface area (Å²) >= 11 is 0. The van der Waals surface area contributed by atoms with E-state index in [0.717, 1.165) is 12.1 Å². The van der Waals surface area contributed by atoms with Crippen LogP contribution in [0.3, 0.4) is 0 Å². The second-order valence-electron chi connectivity index (χ2n) is 9.18. The Morgan fingerprint density at radius 3 is 2.37 bits per heavy atom. The monoisotopic (exact) mass is 576 g/mol. The minimum atomic E-state index is -4.71. The average Bonchev–Trinajstić information content (AvgIpc) is 3.25. The van der Waals surface area contributed by atoms with Gasteiger partial charge in [0.25, 0.3) is 5.91 Å². The summed E-state index contributed by atoms with van der Waals surface area (Å²) in [6, 6.07) is 12.9. The number of pyridine rings is 1. The Morgan fingerprint density at radius 1 is 1.05 bits per heavy atom. The molecule has 13 heteroatoms. The van der Waals surface area contributed by atoms with Crippen LogP contribution in [-0.2, 0) is 13.2 Å². The summed E-state index contributed by atoms with van der Waals surface area (Å²) < 4.78 is 75.2. The number of nitrogens with zero attached hydrogens (tertiary/aromatic N) is 3. The van der Waals surface area contributed by atoms with Crippen molar-refractivity contribution in [3.05, 3.63) is 101 Å². The zero-order valence-corrected chi connectivity index (χ0v) is 21.7. The molecule has 0 saturated carbocycles. The molecule has 0 bridgehead atoms. The molecule has 2 aromatic carbocycles. The predicted molar refractivity (Wildman–Crippen MR) is 137 cm³/mol. The molecule has 0 aliphatic rings. The van der Waals surface area contributed by atoms with Crippen LogP contribution in [0.1, 0.15) is 33.7 Å². The van der Waals surface area contributed by atoms with E-state index in [1.807, 2.05) is 0 Å². The molecule has 0 aliphatic carbocycles. The van der Waals surface area contributed by atoms with E-state index >= 15 is 0 Å². The molecule has 0 aliphatic heterocycles. The van der Waals surface area contributed by atoms with Crippen LogP contribution in [0.25, 0.3) is 5.65 Å². The van der Waals surface area contributed by atoms with E-state index in [4.69, 9.17) is 4.74 Å². The highest BCUT2D eigenvalue weighted by atomic mass is 19.4. The van der Waals surface area contributed by atoms with Crippen molar-refractivity contribution in [2.45, 2.75) is 38.7 Å². The van der Waals surface area contributed by atoms with Gasteiger partial charge in [-0.1, -0.05) is 36.4 Å². The Hall–Kier alpha value is -4.68. The lowest BCUT2D eigenvalue weighted by atomic mass is 10.1. The minimum Gasteiger partial charge on any atom is -0.485 e. The normalized spacial score (nSPS) is 12.2. The van der Waals surface area contributed by atoms with Gasteiger partial charge in [0.15, 0.2) is 11.4 Å². The largest absolute Gasteiger partial charge is 0.485 e. The fourth-order valence-electron chi connectivity index (χ4n) is 4.35. The number of hydrogen-bond donors (Lipinski definition) is 2. The highest BCUT2D eigenvalue weighted by Gasteiger charge is 2.37. The molecule has 1 unspecified atom stereocenters. The molecule has 2 amide bonds. The molecule has 4 rings (SSSR count). The number of aromatic nitrogens is 2. The van der Waals surface area contributed by atoms with Gasteiger partial charge in [0, 0.05) is 19.3 Å². The van der Waals surface area contributed by atoms with Gasteiger partial charge in [-0.15, -0.1) is 0 Å². The lowest BCUT2D eigenvalue weighted by molar-refractivity contribution is -0.145. The molecular weight excluding hydrogens is 551 g/mol. The average molecular weight is 577 g/mol. The number of alkyl halides is 3. The Balaban J connectivity index is 1.55. The number of nitrogens with one attached hydrogen (secondary N) is 1. The van der Waals surface area contributed by atoms with Crippen LogP contribution in [0.4, 0.5) is 26.7 Å². The molecule has 0 fully saturated rings. The van der Waals surface area contributed by atoms with Crippen molar-refractivity contribution in [3.8, 4) is 5.75 Å². The smallest absolute Gasteiger partial charge is 0.407 e.